The largest absolute Gasteiger partial charge is 0.356 e. The van der Waals surface area contributed by atoms with E-state index < -0.39 is 0 Å². The average Bonchev–Trinajstić information content (AvgIpc) is 2.59. The number of H-pyrrole nitrogens is 1. The van der Waals surface area contributed by atoms with E-state index in [1.54, 1.807) is 0 Å². The summed E-state index contributed by atoms with van der Waals surface area (Å²) in [6.45, 7) is 0.968. The van der Waals surface area contributed by atoms with Crippen LogP contribution in [0, 0.1) is 0 Å². The van der Waals surface area contributed by atoms with E-state index >= 15 is 0 Å². The van der Waals surface area contributed by atoms with E-state index in [9.17, 15) is 0 Å². The molecule has 1 aliphatic rings. The van der Waals surface area contributed by atoms with E-state index in [0.29, 0.717) is 0 Å². The minimum Gasteiger partial charge on any atom is -0.356 e. The van der Waals surface area contributed by atoms with E-state index in [2.05, 4.69) is 28.5 Å². The van der Waals surface area contributed by atoms with Crippen molar-refractivity contribution in [2.75, 3.05) is 6.54 Å². The fraction of sp³-hybridized carbons (Fsp3) is 0.273. The van der Waals surface area contributed by atoms with Gasteiger partial charge in [-0.1, -0.05) is 18.2 Å². The highest BCUT2D eigenvalue weighted by molar-refractivity contribution is 5.85. The number of nitrogens with one attached hydrogen (secondary N) is 2. The maximum absolute atomic E-state index is 5.97. The monoisotopic (exact) mass is 223 g/mol. The second-order valence-electron chi connectivity index (χ2n) is 3.74. The number of para-hydroxylation sites is 1. The third kappa shape index (κ3) is 1.53. The lowest BCUT2D eigenvalue weighted by Gasteiger charge is -2.20. The van der Waals surface area contributed by atoms with Gasteiger partial charge in [-0.2, -0.15) is 0 Å². The van der Waals surface area contributed by atoms with Gasteiger partial charge in [-0.25, -0.2) is 0 Å². The van der Waals surface area contributed by atoms with Gasteiger partial charge in [0.25, 0.3) is 0 Å². The van der Waals surface area contributed by atoms with Gasteiger partial charge >= 0.3 is 0 Å². The molecule has 1 aromatic carbocycles. The fourth-order valence-electron chi connectivity index (χ4n) is 2.21. The zero-order chi connectivity index (χ0) is 9.54. The topological polar surface area (TPSA) is 53.8 Å². The van der Waals surface area contributed by atoms with Crippen molar-refractivity contribution in [2.24, 2.45) is 5.73 Å². The van der Waals surface area contributed by atoms with Crippen molar-refractivity contribution in [3.8, 4) is 0 Å². The van der Waals surface area contributed by atoms with Crippen molar-refractivity contribution in [3.05, 3.63) is 35.5 Å². The van der Waals surface area contributed by atoms with Crippen LogP contribution in [0.1, 0.15) is 17.4 Å². The molecule has 80 valence electrons. The molecule has 0 saturated heterocycles. The zero-order valence-corrected chi connectivity index (χ0v) is 9.10. The van der Waals surface area contributed by atoms with Crippen molar-refractivity contribution < 1.29 is 0 Å². The Morgan fingerprint density at radius 3 is 2.93 bits per heavy atom. The first-order valence-corrected chi connectivity index (χ1v) is 4.95. The van der Waals surface area contributed by atoms with Crippen molar-refractivity contribution >= 4 is 23.3 Å². The lowest BCUT2D eigenvalue weighted by atomic mass is 10.0. The van der Waals surface area contributed by atoms with Crippen molar-refractivity contribution in [1.29, 1.82) is 0 Å². The van der Waals surface area contributed by atoms with Crippen LogP contribution in [-0.2, 0) is 6.42 Å². The summed E-state index contributed by atoms with van der Waals surface area (Å²) in [5.41, 5.74) is 9.69. The molecule has 1 unspecified atom stereocenters. The Labute approximate surface area is 94.5 Å². The molecule has 1 aromatic heterocycles. The molecule has 0 bridgehead atoms. The molecule has 3 rings (SSSR count). The molecule has 1 aliphatic heterocycles. The summed E-state index contributed by atoms with van der Waals surface area (Å²) < 4.78 is 0. The molecule has 0 spiro atoms. The van der Waals surface area contributed by atoms with Crippen LogP contribution >= 0.6 is 12.4 Å². The first-order valence-electron chi connectivity index (χ1n) is 4.95. The van der Waals surface area contributed by atoms with Crippen LogP contribution in [0.5, 0.6) is 0 Å². The molecule has 4 N–H and O–H groups in total. The first-order chi connectivity index (χ1) is 6.86. The molecule has 0 aliphatic carbocycles. The number of nitrogens with two attached hydrogens (primary N) is 1. The van der Waals surface area contributed by atoms with Gasteiger partial charge in [-0.3, -0.25) is 5.32 Å². The van der Waals surface area contributed by atoms with Crippen molar-refractivity contribution in [1.82, 2.24) is 10.3 Å². The molecule has 0 radical (unpaired) electrons. The van der Waals surface area contributed by atoms with Crippen molar-refractivity contribution in [2.45, 2.75) is 12.6 Å². The number of fused-ring (bicyclic) bond motifs is 3. The number of hydrogen-bond donors (Lipinski definition) is 3. The molecule has 0 amide bonds. The predicted octanol–water partition coefficient (Wildman–Crippen LogP) is 1.69. The van der Waals surface area contributed by atoms with Crippen LogP contribution in [0.4, 0.5) is 0 Å². The lowest BCUT2D eigenvalue weighted by molar-refractivity contribution is 0.513. The Morgan fingerprint density at radius 2 is 2.07 bits per heavy atom. The Kier molecular flexibility index (Phi) is 2.69. The van der Waals surface area contributed by atoms with Gasteiger partial charge in [0, 0.05) is 17.4 Å². The van der Waals surface area contributed by atoms with Crippen LogP contribution in [0.3, 0.4) is 0 Å². The number of benzene rings is 1. The highest BCUT2D eigenvalue weighted by Gasteiger charge is 2.20. The van der Waals surface area contributed by atoms with E-state index in [4.69, 9.17) is 5.73 Å². The second kappa shape index (κ2) is 3.85. The third-order valence-electron chi connectivity index (χ3n) is 2.90. The molecular formula is C11H14ClN3. The maximum atomic E-state index is 5.97. The van der Waals surface area contributed by atoms with Crippen LogP contribution in [-0.4, -0.2) is 11.5 Å². The molecule has 2 heterocycles. The molecule has 15 heavy (non-hydrogen) atoms. The van der Waals surface area contributed by atoms with Crippen LogP contribution < -0.4 is 11.1 Å². The molecule has 0 fully saturated rings. The number of aromatic amines is 1. The summed E-state index contributed by atoms with van der Waals surface area (Å²) in [5.74, 6) is 0. The van der Waals surface area contributed by atoms with Crippen LogP contribution in [0.2, 0.25) is 0 Å². The standard InChI is InChI=1S/C11H13N3.ClH/c12-11-10-8(5-6-13-11)7-3-1-2-4-9(7)14-10;/h1-4,11,13-14H,5-6,12H2;1H. The van der Waals surface area contributed by atoms with E-state index in [-0.39, 0.29) is 18.6 Å². The maximum Gasteiger partial charge on any atom is 0.0966 e. The summed E-state index contributed by atoms with van der Waals surface area (Å²) in [5, 5.41) is 4.56. The minimum atomic E-state index is -0.0360. The normalized spacial score (nSPS) is 19.7. The Balaban J connectivity index is 0.000000853. The predicted molar refractivity (Wildman–Crippen MR) is 64.2 cm³/mol. The van der Waals surface area contributed by atoms with Crippen molar-refractivity contribution in [3.63, 3.8) is 0 Å². The molecule has 0 saturated carbocycles. The van der Waals surface area contributed by atoms with Gasteiger partial charge in [-0.15, -0.1) is 12.4 Å². The lowest BCUT2D eigenvalue weighted by Crippen LogP contribution is -2.35. The first kappa shape index (κ1) is 10.5. The number of rotatable bonds is 0. The highest BCUT2D eigenvalue weighted by Crippen LogP contribution is 2.27. The Morgan fingerprint density at radius 1 is 1.27 bits per heavy atom. The zero-order valence-electron chi connectivity index (χ0n) is 8.29. The summed E-state index contributed by atoms with van der Waals surface area (Å²) in [6.07, 6.45) is 1.03. The van der Waals surface area contributed by atoms with E-state index in [0.717, 1.165) is 18.7 Å². The summed E-state index contributed by atoms with van der Waals surface area (Å²) >= 11 is 0. The number of aromatic nitrogens is 1. The Hall–Kier alpha value is -1.03. The molecule has 2 aromatic rings. The Bertz CT molecular complexity index is 478. The van der Waals surface area contributed by atoms with E-state index in [1.165, 1.54) is 16.5 Å². The second-order valence-corrected chi connectivity index (χ2v) is 3.74. The molecule has 1 atom stereocenters. The average molecular weight is 224 g/mol. The number of halogens is 1. The van der Waals surface area contributed by atoms with Gasteiger partial charge in [0.1, 0.15) is 0 Å². The SMILES string of the molecule is Cl.NC1NCCc2c1[nH]c1ccccc21. The molecule has 3 nitrogen and oxygen atoms in total. The van der Waals surface area contributed by atoms with Gasteiger partial charge < -0.3 is 10.7 Å². The van der Waals surface area contributed by atoms with Gasteiger partial charge in [0.05, 0.1) is 11.9 Å². The van der Waals surface area contributed by atoms with Crippen LogP contribution in [0.15, 0.2) is 24.3 Å². The van der Waals surface area contributed by atoms with E-state index in [1.807, 2.05) is 6.07 Å². The molecule has 4 heteroatoms. The fourth-order valence-corrected chi connectivity index (χ4v) is 2.21. The highest BCUT2D eigenvalue weighted by atomic mass is 35.5. The number of hydrogen-bond acceptors (Lipinski definition) is 2. The third-order valence-corrected chi connectivity index (χ3v) is 2.90. The quantitative estimate of drug-likeness (QED) is 0.637. The summed E-state index contributed by atoms with van der Waals surface area (Å²) in [4.78, 5) is 3.38. The molecular weight excluding hydrogens is 210 g/mol. The summed E-state index contributed by atoms with van der Waals surface area (Å²) in [7, 11) is 0. The van der Waals surface area contributed by atoms with Crippen LogP contribution in [0.25, 0.3) is 10.9 Å². The smallest absolute Gasteiger partial charge is 0.0966 e. The van der Waals surface area contributed by atoms with Gasteiger partial charge in [0.15, 0.2) is 0 Å². The summed E-state index contributed by atoms with van der Waals surface area (Å²) in [6, 6.07) is 8.37. The minimum absolute atomic E-state index is 0. The van der Waals surface area contributed by atoms with Gasteiger partial charge in [0.2, 0.25) is 0 Å². The van der Waals surface area contributed by atoms with Gasteiger partial charge in [-0.05, 0) is 18.1 Å².